The number of rotatable bonds is 5. The Balaban J connectivity index is 2.45. The Kier molecular flexibility index (Phi) is 4.13. The maximum absolute atomic E-state index is 10.4. The molecule has 0 saturated carbocycles. The van der Waals surface area contributed by atoms with E-state index in [0.717, 1.165) is 12.0 Å². The van der Waals surface area contributed by atoms with Crippen LogP contribution in [0.4, 0.5) is 0 Å². The van der Waals surface area contributed by atoms with E-state index < -0.39 is 6.10 Å². The maximum Gasteiger partial charge on any atom is 0.152 e. The summed E-state index contributed by atoms with van der Waals surface area (Å²) < 4.78 is 10.2. The van der Waals surface area contributed by atoms with Crippen molar-refractivity contribution < 1.29 is 14.3 Å². The molecule has 0 aromatic heterocycles. The molecule has 0 heterocycles. The molecule has 14 heavy (non-hydrogen) atoms. The minimum absolute atomic E-state index is 0.253. The number of methoxy groups -OCH3 is 1. The highest BCUT2D eigenvalue weighted by molar-refractivity contribution is 5.56. The zero-order valence-corrected chi connectivity index (χ0v) is 8.40. The van der Waals surface area contributed by atoms with Crippen molar-refractivity contribution in [3.05, 3.63) is 29.8 Å². The van der Waals surface area contributed by atoms with Crippen LogP contribution in [0.1, 0.15) is 5.56 Å². The lowest BCUT2D eigenvalue weighted by atomic mass is 10.2. The van der Waals surface area contributed by atoms with Crippen molar-refractivity contribution >= 4 is 6.29 Å². The standard InChI is InChI=1S/C11H14O3/c1-9-3-5-10(6-4-9)14-8-11(7-12)13-2/h3-7,11H,8H2,1-2H3. The van der Waals surface area contributed by atoms with Crippen LogP contribution in [-0.2, 0) is 9.53 Å². The summed E-state index contributed by atoms with van der Waals surface area (Å²) in [6.45, 7) is 2.26. The minimum Gasteiger partial charge on any atom is -0.490 e. The number of carbonyl (C=O) groups is 1. The van der Waals surface area contributed by atoms with Crippen molar-refractivity contribution in [1.29, 1.82) is 0 Å². The van der Waals surface area contributed by atoms with Crippen LogP contribution in [0.25, 0.3) is 0 Å². The predicted octanol–water partition coefficient (Wildman–Crippen LogP) is 1.59. The topological polar surface area (TPSA) is 35.5 Å². The summed E-state index contributed by atoms with van der Waals surface area (Å²) in [6.07, 6.45) is 0.241. The lowest BCUT2D eigenvalue weighted by molar-refractivity contribution is -0.117. The Labute approximate surface area is 83.6 Å². The predicted molar refractivity (Wildman–Crippen MR) is 53.5 cm³/mol. The third-order valence-corrected chi connectivity index (χ3v) is 1.89. The lowest BCUT2D eigenvalue weighted by Crippen LogP contribution is -2.21. The van der Waals surface area contributed by atoms with Gasteiger partial charge in [0.25, 0.3) is 0 Å². The van der Waals surface area contributed by atoms with E-state index in [1.165, 1.54) is 12.7 Å². The van der Waals surface area contributed by atoms with E-state index in [-0.39, 0.29) is 6.61 Å². The smallest absolute Gasteiger partial charge is 0.152 e. The molecule has 0 amide bonds. The second kappa shape index (κ2) is 5.40. The first-order valence-electron chi connectivity index (χ1n) is 4.44. The van der Waals surface area contributed by atoms with Crippen molar-refractivity contribution in [2.75, 3.05) is 13.7 Å². The third kappa shape index (κ3) is 3.18. The molecule has 0 bridgehead atoms. The van der Waals surface area contributed by atoms with E-state index in [9.17, 15) is 4.79 Å². The molecule has 0 aliphatic carbocycles. The summed E-state index contributed by atoms with van der Waals surface area (Å²) >= 11 is 0. The van der Waals surface area contributed by atoms with Gasteiger partial charge in [-0.1, -0.05) is 17.7 Å². The number of hydrogen-bond acceptors (Lipinski definition) is 3. The molecule has 3 heteroatoms. The summed E-state index contributed by atoms with van der Waals surface area (Å²) in [4.78, 5) is 10.4. The van der Waals surface area contributed by atoms with Crippen molar-refractivity contribution in [3.63, 3.8) is 0 Å². The normalized spacial score (nSPS) is 12.1. The molecule has 0 fully saturated rings. The molecule has 1 atom stereocenters. The molecular formula is C11H14O3. The average Bonchev–Trinajstić information content (AvgIpc) is 2.22. The van der Waals surface area contributed by atoms with E-state index in [4.69, 9.17) is 9.47 Å². The minimum atomic E-state index is -0.490. The van der Waals surface area contributed by atoms with Crippen molar-refractivity contribution in [1.82, 2.24) is 0 Å². The summed E-state index contributed by atoms with van der Waals surface area (Å²) in [5.74, 6) is 0.750. The monoisotopic (exact) mass is 194 g/mol. The molecule has 0 N–H and O–H groups in total. The summed E-state index contributed by atoms with van der Waals surface area (Å²) in [7, 11) is 1.48. The molecule has 0 spiro atoms. The molecule has 0 saturated heterocycles. The summed E-state index contributed by atoms with van der Waals surface area (Å²) in [5, 5.41) is 0. The number of aldehydes is 1. The van der Waals surface area contributed by atoms with Crippen LogP contribution < -0.4 is 4.74 Å². The van der Waals surface area contributed by atoms with Crippen molar-refractivity contribution in [2.24, 2.45) is 0 Å². The molecule has 0 aliphatic rings. The molecule has 3 nitrogen and oxygen atoms in total. The highest BCUT2D eigenvalue weighted by Gasteiger charge is 2.05. The number of aryl methyl sites for hydroxylation is 1. The number of carbonyl (C=O) groups excluding carboxylic acids is 1. The van der Waals surface area contributed by atoms with Gasteiger partial charge in [-0.05, 0) is 19.1 Å². The fraction of sp³-hybridized carbons (Fsp3) is 0.364. The van der Waals surface area contributed by atoms with Gasteiger partial charge in [0, 0.05) is 7.11 Å². The second-order valence-electron chi connectivity index (χ2n) is 3.03. The zero-order valence-electron chi connectivity index (χ0n) is 8.40. The molecule has 76 valence electrons. The van der Waals surface area contributed by atoms with Crippen molar-refractivity contribution in [3.8, 4) is 5.75 Å². The van der Waals surface area contributed by atoms with E-state index >= 15 is 0 Å². The third-order valence-electron chi connectivity index (χ3n) is 1.89. The van der Waals surface area contributed by atoms with Crippen LogP contribution in [-0.4, -0.2) is 26.1 Å². The Morgan fingerprint density at radius 2 is 2.00 bits per heavy atom. The van der Waals surface area contributed by atoms with Crippen LogP contribution in [0.2, 0.25) is 0 Å². The highest BCUT2D eigenvalue weighted by atomic mass is 16.5. The fourth-order valence-corrected chi connectivity index (χ4v) is 0.976. The summed E-state index contributed by atoms with van der Waals surface area (Å²) in [5.41, 5.74) is 1.18. The van der Waals surface area contributed by atoms with Crippen molar-refractivity contribution in [2.45, 2.75) is 13.0 Å². The second-order valence-corrected chi connectivity index (χ2v) is 3.03. The average molecular weight is 194 g/mol. The first kappa shape index (κ1) is 10.7. The summed E-state index contributed by atoms with van der Waals surface area (Å²) in [6, 6.07) is 7.65. The van der Waals surface area contributed by atoms with E-state index in [2.05, 4.69) is 0 Å². The van der Waals surface area contributed by atoms with Gasteiger partial charge in [-0.3, -0.25) is 0 Å². The van der Waals surface area contributed by atoms with Crippen LogP contribution in [0.3, 0.4) is 0 Å². The van der Waals surface area contributed by atoms with E-state index in [1.54, 1.807) is 0 Å². The molecule has 1 unspecified atom stereocenters. The Bertz CT molecular complexity index is 279. The largest absolute Gasteiger partial charge is 0.490 e. The molecule has 1 aromatic rings. The van der Waals surface area contributed by atoms with Crippen LogP contribution in [0, 0.1) is 6.92 Å². The number of ether oxygens (including phenoxy) is 2. The van der Waals surface area contributed by atoms with Crippen LogP contribution in [0.5, 0.6) is 5.75 Å². The van der Waals surface area contributed by atoms with Gasteiger partial charge in [-0.2, -0.15) is 0 Å². The van der Waals surface area contributed by atoms with Crippen LogP contribution >= 0.6 is 0 Å². The van der Waals surface area contributed by atoms with E-state index in [1.807, 2.05) is 31.2 Å². The Morgan fingerprint density at radius 3 is 2.50 bits per heavy atom. The van der Waals surface area contributed by atoms with Gasteiger partial charge in [0.15, 0.2) is 6.29 Å². The van der Waals surface area contributed by atoms with Gasteiger partial charge >= 0.3 is 0 Å². The molecule has 1 aromatic carbocycles. The van der Waals surface area contributed by atoms with Gasteiger partial charge < -0.3 is 14.3 Å². The van der Waals surface area contributed by atoms with Gasteiger partial charge in [0.1, 0.15) is 18.5 Å². The number of hydrogen-bond donors (Lipinski definition) is 0. The SMILES string of the molecule is COC(C=O)COc1ccc(C)cc1. The Hall–Kier alpha value is -1.35. The van der Waals surface area contributed by atoms with Crippen LogP contribution in [0.15, 0.2) is 24.3 Å². The molecule has 0 radical (unpaired) electrons. The van der Waals surface area contributed by atoms with Gasteiger partial charge in [-0.25, -0.2) is 0 Å². The first-order valence-corrected chi connectivity index (χ1v) is 4.44. The molecule has 1 rings (SSSR count). The van der Waals surface area contributed by atoms with Gasteiger partial charge in [0.2, 0.25) is 0 Å². The van der Waals surface area contributed by atoms with Gasteiger partial charge in [-0.15, -0.1) is 0 Å². The first-order chi connectivity index (χ1) is 6.76. The van der Waals surface area contributed by atoms with E-state index in [0.29, 0.717) is 0 Å². The zero-order chi connectivity index (χ0) is 10.4. The fourth-order valence-electron chi connectivity index (χ4n) is 0.976. The Morgan fingerprint density at radius 1 is 1.36 bits per heavy atom. The molecule has 0 aliphatic heterocycles. The molecular weight excluding hydrogens is 180 g/mol. The maximum atomic E-state index is 10.4. The van der Waals surface area contributed by atoms with Gasteiger partial charge in [0.05, 0.1) is 0 Å². The lowest BCUT2D eigenvalue weighted by Gasteiger charge is -2.10. The quantitative estimate of drug-likeness (QED) is 0.668. The highest BCUT2D eigenvalue weighted by Crippen LogP contribution is 2.11. The number of benzene rings is 1.